The Morgan fingerprint density at radius 3 is 2.63 bits per heavy atom. The van der Waals surface area contributed by atoms with Gasteiger partial charge in [-0.05, 0) is 76.1 Å². The molecule has 0 unspecified atom stereocenters. The molecule has 1 N–H and O–H groups in total. The van der Waals surface area contributed by atoms with Gasteiger partial charge >= 0.3 is 0 Å². The fourth-order valence-electron chi connectivity index (χ4n) is 4.17. The summed E-state index contributed by atoms with van der Waals surface area (Å²) in [6.45, 7) is 11.0. The van der Waals surface area contributed by atoms with E-state index in [1.165, 1.54) is 23.9 Å². The molecule has 1 aliphatic heterocycles. The number of allylic oxidation sites excluding steroid dienone is 1. The number of nitrogens with zero attached hydrogens (tertiary/aromatic N) is 2. The summed E-state index contributed by atoms with van der Waals surface area (Å²) in [5.74, 6) is 0.169. The van der Waals surface area contributed by atoms with E-state index in [4.69, 9.17) is 4.74 Å². The highest BCUT2D eigenvalue weighted by Gasteiger charge is 2.32. The van der Waals surface area contributed by atoms with Crippen LogP contribution >= 0.6 is 15.9 Å². The van der Waals surface area contributed by atoms with E-state index in [0.717, 1.165) is 10.0 Å². The van der Waals surface area contributed by atoms with E-state index in [9.17, 15) is 4.79 Å². The van der Waals surface area contributed by atoms with Gasteiger partial charge in [0.25, 0.3) is 5.91 Å². The quantitative estimate of drug-likeness (QED) is 0.455. The van der Waals surface area contributed by atoms with Crippen molar-refractivity contribution < 1.29 is 9.53 Å². The summed E-state index contributed by atoms with van der Waals surface area (Å²) in [7, 11) is 1.54. The van der Waals surface area contributed by atoms with Crippen molar-refractivity contribution in [1.82, 2.24) is 5.43 Å². The van der Waals surface area contributed by atoms with Gasteiger partial charge in [-0.2, -0.15) is 5.10 Å². The van der Waals surface area contributed by atoms with Crippen LogP contribution in [0, 0.1) is 0 Å². The lowest BCUT2D eigenvalue weighted by molar-refractivity contribution is 0.0952. The highest BCUT2D eigenvalue weighted by atomic mass is 79.9. The van der Waals surface area contributed by atoms with E-state index < -0.39 is 0 Å². The Kier molecular flexibility index (Phi) is 6.36. The molecule has 0 radical (unpaired) electrons. The van der Waals surface area contributed by atoms with Gasteiger partial charge in [0, 0.05) is 21.8 Å². The van der Waals surface area contributed by atoms with Crippen LogP contribution in [0.3, 0.4) is 0 Å². The molecule has 1 heterocycles. The second-order valence-corrected chi connectivity index (χ2v) is 9.18. The van der Waals surface area contributed by atoms with Crippen LogP contribution in [-0.2, 0) is 0 Å². The number of methoxy groups -OCH3 is 1. The maximum atomic E-state index is 12.5. The van der Waals surface area contributed by atoms with E-state index in [1.54, 1.807) is 18.3 Å². The van der Waals surface area contributed by atoms with E-state index in [1.807, 2.05) is 12.1 Å². The fraction of sp³-hybridized carbons (Fsp3) is 0.333. The van der Waals surface area contributed by atoms with Crippen LogP contribution in [0.2, 0.25) is 0 Å². The molecule has 1 amide bonds. The zero-order valence-electron chi connectivity index (χ0n) is 18.3. The average Bonchev–Trinajstić information content (AvgIpc) is 2.67. The van der Waals surface area contributed by atoms with Crippen molar-refractivity contribution >= 4 is 39.3 Å². The van der Waals surface area contributed by atoms with Crippen LogP contribution < -0.4 is 15.1 Å². The first-order valence-electron chi connectivity index (χ1n) is 9.94. The highest BCUT2D eigenvalue weighted by molar-refractivity contribution is 9.10. The van der Waals surface area contributed by atoms with E-state index in [0.29, 0.717) is 17.4 Å². The van der Waals surface area contributed by atoms with Crippen molar-refractivity contribution in [3.63, 3.8) is 0 Å². The summed E-state index contributed by atoms with van der Waals surface area (Å²) in [6, 6.07) is 11.9. The molecule has 5 nitrogen and oxygen atoms in total. The summed E-state index contributed by atoms with van der Waals surface area (Å²) < 4.78 is 6.06. The van der Waals surface area contributed by atoms with Crippen LogP contribution in [0.4, 0.5) is 5.69 Å². The third kappa shape index (κ3) is 4.43. The molecule has 3 rings (SSSR count). The van der Waals surface area contributed by atoms with Gasteiger partial charge in [0.05, 0.1) is 24.4 Å². The number of carbonyl (C=O) groups excluding carboxylic acids is 1. The smallest absolute Gasteiger partial charge is 0.275 e. The average molecular weight is 470 g/mol. The summed E-state index contributed by atoms with van der Waals surface area (Å²) in [6.07, 6.45) is 3.97. The van der Waals surface area contributed by atoms with Crippen LogP contribution in [0.5, 0.6) is 5.75 Å². The summed E-state index contributed by atoms with van der Waals surface area (Å²) in [4.78, 5) is 14.9. The molecule has 0 saturated carbocycles. The Morgan fingerprint density at radius 1 is 1.23 bits per heavy atom. The van der Waals surface area contributed by atoms with Crippen molar-refractivity contribution in [3.8, 4) is 5.75 Å². The molecule has 30 heavy (non-hydrogen) atoms. The Balaban J connectivity index is 1.82. The number of hydrogen-bond donors (Lipinski definition) is 1. The molecule has 0 fully saturated rings. The summed E-state index contributed by atoms with van der Waals surface area (Å²) >= 11 is 3.38. The van der Waals surface area contributed by atoms with Crippen molar-refractivity contribution in [2.24, 2.45) is 5.10 Å². The minimum absolute atomic E-state index is 0.0438. The van der Waals surface area contributed by atoms with Gasteiger partial charge in [-0.15, -0.1) is 0 Å². The third-order valence-electron chi connectivity index (χ3n) is 5.20. The lowest BCUT2D eigenvalue weighted by Gasteiger charge is -2.46. The SMILES string of the molecule is COc1ccc(Br)cc1C(=O)N/N=C/c1ccc2c(c1)C(C)=CC(C)(C)N2C(C)C. The molecule has 0 bridgehead atoms. The largest absolute Gasteiger partial charge is 0.496 e. The van der Waals surface area contributed by atoms with Gasteiger partial charge in [0.15, 0.2) is 0 Å². The van der Waals surface area contributed by atoms with Crippen LogP contribution in [-0.4, -0.2) is 30.8 Å². The number of hydrogen-bond acceptors (Lipinski definition) is 4. The zero-order valence-corrected chi connectivity index (χ0v) is 19.9. The number of hydrazone groups is 1. The number of ether oxygens (including phenoxy) is 1. The monoisotopic (exact) mass is 469 g/mol. The second kappa shape index (κ2) is 8.64. The molecule has 2 aromatic carbocycles. The van der Waals surface area contributed by atoms with Crippen LogP contribution in [0.1, 0.15) is 56.1 Å². The first kappa shape index (κ1) is 22.1. The normalized spacial score (nSPS) is 15.2. The Bertz CT molecular complexity index is 1030. The van der Waals surface area contributed by atoms with Gasteiger partial charge in [-0.25, -0.2) is 5.43 Å². The Labute approximate surface area is 186 Å². The molecule has 2 aromatic rings. The lowest BCUT2D eigenvalue weighted by atomic mass is 9.87. The molecule has 0 aromatic heterocycles. The molecule has 0 spiro atoms. The number of fused-ring (bicyclic) bond motifs is 1. The van der Waals surface area contributed by atoms with Gasteiger partial charge in [-0.1, -0.05) is 28.1 Å². The summed E-state index contributed by atoms with van der Waals surface area (Å²) in [5.41, 5.74) is 7.53. The highest BCUT2D eigenvalue weighted by Crippen LogP contribution is 2.40. The van der Waals surface area contributed by atoms with Crippen LogP contribution in [0.25, 0.3) is 5.57 Å². The fourth-order valence-corrected chi connectivity index (χ4v) is 4.54. The van der Waals surface area contributed by atoms with Gasteiger partial charge in [0.1, 0.15) is 5.75 Å². The first-order valence-corrected chi connectivity index (χ1v) is 10.7. The molecule has 1 aliphatic rings. The van der Waals surface area contributed by atoms with Crippen LogP contribution in [0.15, 0.2) is 52.0 Å². The topological polar surface area (TPSA) is 53.9 Å². The standard InChI is InChI=1S/C24H28BrN3O2/c1-15(2)28-21-9-7-17(11-19(21)16(3)13-24(28,4)5)14-26-27-23(29)20-12-18(25)8-10-22(20)30-6/h7-15H,1-6H3,(H,27,29)/b26-14+. The molecular formula is C24H28BrN3O2. The maximum Gasteiger partial charge on any atom is 0.275 e. The predicted molar refractivity (Wildman–Crippen MR) is 128 cm³/mol. The third-order valence-corrected chi connectivity index (χ3v) is 5.69. The molecule has 0 atom stereocenters. The minimum atomic E-state index is -0.328. The number of amides is 1. The number of carbonyl (C=O) groups is 1. The van der Waals surface area contributed by atoms with Gasteiger partial charge < -0.3 is 9.64 Å². The first-order chi connectivity index (χ1) is 14.1. The van der Waals surface area contributed by atoms with E-state index >= 15 is 0 Å². The molecule has 0 aliphatic carbocycles. The van der Waals surface area contributed by atoms with Crippen molar-refractivity contribution in [2.75, 3.05) is 12.0 Å². The predicted octanol–water partition coefficient (Wildman–Crippen LogP) is 5.63. The Hall–Kier alpha value is -2.60. The maximum absolute atomic E-state index is 12.5. The molecular weight excluding hydrogens is 442 g/mol. The number of halogens is 1. The summed E-state index contributed by atoms with van der Waals surface area (Å²) in [5, 5.41) is 4.15. The van der Waals surface area contributed by atoms with Crippen molar-refractivity contribution in [3.05, 3.63) is 63.6 Å². The van der Waals surface area contributed by atoms with Crippen molar-refractivity contribution in [1.29, 1.82) is 0 Å². The molecule has 158 valence electrons. The molecule has 0 saturated heterocycles. The number of rotatable bonds is 5. The molecule has 6 heteroatoms. The minimum Gasteiger partial charge on any atom is -0.496 e. The van der Waals surface area contributed by atoms with Gasteiger partial charge in [0.2, 0.25) is 0 Å². The van der Waals surface area contributed by atoms with E-state index in [-0.39, 0.29) is 11.4 Å². The van der Waals surface area contributed by atoms with Gasteiger partial charge in [-0.3, -0.25) is 4.79 Å². The zero-order chi connectivity index (χ0) is 22.1. The number of nitrogens with one attached hydrogen (secondary N) is 1. The van der Waals surface area contributed by atoms with Crippen molar-refractivity contribution in [2.45, 2.75) is 46.2 Å². The second-order valence-electron chi connectivity index (χ2n) is 8.27. The lowest BCUT2D eigenvalue weighted by Crippen LogP contribution is -2.49. The number of anilines is 1. The van der Waals surface area contributed by atoms with E-state index in [2.05, 4.69) is 84.2 Å². The number of benzene rings is 2. The Morgan fingerprint density at radius 2 is 1.97 bits per heavy atom.